The minimum Gasteiger partial charge on any atom is -0.396 e. The Morgan fingerprint density at radius 2 is 0.694 bits per heavy atom. The molecule has 1 heterocycles. The van der Waals surface area contributed by atoms with E-state index in [9.17, 15) is 30.6 Å². The predicted molar refractivity (Wildman–Crippen MR) is 141 cm³/mol. The van der Waals surface area contributed by atoms with Gasteiger partial charge in [0, 0.05) is 116 Å². The first-order chi connectivity index (χ1) is 17.6. The first kappa shape index (κ1) is 33.5. The molecule has 1 aliphatic heterocycles. The Hall–Kier alpha value is -0.480. The molecule has 0 saturated carbocycles. The van der Waals surface area contributed by atoms with Crippen LogP contribution in [0.1, 0.15) is 25.7 Å². The van der Waals surface area contributed by atoms with E-state index in [2.05, 4.69) is 31.1 Å². The third kappa shape index (κ3) is 10.0. The third-order valence-corrected chi connectivity index (χ3v) is 7.47. The molecule has 36 heavy (non-hydrogen) atoms. The summed E-state index contributed by atoms with van der Waals surface area (Å²) in [5.74, 6) is 0. The van der Waals surface area contributed by atoms with Crippen molar-refractivity contribution in [2.24, 2.45) is 0 Å². The van der Waals surface area contributed by atoms with Gasteiger partial charge in [-0.2, -0.15) is 0 Å². The highest BCUT2D eigenvalue weighted by Crippen LogP contribution is 2.44. The van der Waals surface area contributed by atoms with Gasteiger partial charge in [-0.1, -0.05) is 0 Å². The summed E-state index contributed by atoms with van der Waals surface area (Å²) < 4.78 is 0. The summed E-state index contributed by atoms with van der Waals surface area (Å²) in [5.41, 5.74) is -1.74. The molecule has 12 heteroatoms. The van der Waals surface area contributed by atoms with Crippen molar-refractivity contribution in [2.75, 3.05) is 118 Å². The Labute approximate surface area is 217 Å². The standard InChI is InChI=1S/C24H54N6O6/c31-17-1-23(2-18-32)24(3-19-33,4-20-34)30(16-22-36)14-12-28-10-8-26-6-5-25-7-9-27-11-13-29(23)15-21-35/h25-28,31-36H,1-22H2. The van der Waals surface area contributed by atoms with Crippen LogP contribution in [0.5, 0.6) is 0 Å². The maximum Gasteiger partial charge on any atom is 0.0558 e. The fraction of sp³-hybridized carbons (Fsp3) is 1.00. The van der Waals surface area contributed by atoms with Gasteiger partial charge >= 0.3 is 0 Å². The molecule has 0 aromatic rings. The number of rotatable bonds is 12. The molecule has 1 aliphatic rings. The molecule has 0 amide bonds. The van der Waals surface area contributed by atoms with E-state index in [1.807, 2.05) is 0 Å². The van der Waals surface area contributed by atoms with E-state index < -0.39 is 11.1 Å². The van der Waals surface area contributed by atoms with Gasteiger partial charge in [-0.25, -0.2) is 0 Å². The van der Waals surface area contributed by atoms with Gasteiger partial charge in [-0.05, 0) is 25.7 Å². The number of hydrogen-bond acceptors (Lipinski definition) is 12. The minimum absolute atomic E-state index is 0.108. The highest BCUT2D eigenvalue weighted by atomic mass is 16.3. The van der Waals surface area contributed by atoms with Gasteiger partial charge in [0.2, 0.25) is 0 Å². The molecular formula is C24H54N6O6. The number of aliphatic hydroxyl groups excluding tert-OH is 6. The highest BCUT2D eigenvalue weighted by molar-refractivity contribution is 5.13. The molecule has 0 bridgehead atoms. The SMILES string of the molecule is OCCN1CCNCCNCCNCCNCCN(CCO)C(CCO)(CCO)C1(CCO)CCO. The van der Waals surface area contributed by atoms with Crippen LogP contribution in [0.25, 0.3) is 0 Å². The lowest BCUT2D eigenvalue weighted by Crippen LogP contribution is -2.73. The van der Waals surface area contributed by atoms with E-state index in [-0.39, 0.29) is 65.3 Å². The zero-order valence-corrected chi connectivity index (χ0v) is 22.1. The molecule has 1 saturated heterocycles. The zero-order valence-electron chi connectivity index (χ0n) is 22.1. The number of aliphatic hydroxyl groups is 6. The zero-order chi connectivity index (χ0) is 26.5. The Morgan fingerprint density at radius 3 is 0.944 bits per heavy atom. The maximum absolute atomic E-state index is 10.3. The lowest BCUT2D eigenvalue weighted by atomic mass is 9.66. The summed E-state index contributed by atoms with van der Waals surface area (Å²) in [6, 6.07) is 0. The predicted octanol–water partition coefficient (Wildman–Crippen LogP) is -4.05. The van der Waals surface area contributed by atoms with Crippen LogP contribution >= 0.6 is 0 Å². The van der Waals surface area contributed by atoms with Crippen molar-refractivity contribution in [1.29, 1.82) is 0 Å². The molecule has 0 atom stereocenters. The smallest absolute Gasteiger partial charge is 0.0558 e. The molecule has 12 nitrogen and oxygen atoms in total. The first-order valence-corrected chi connectivity index (χ1v) is 13.6. The fourth-order valence-corrected chi connectivity index (χ4v) is 5.92. The first-order valence-electron chi connectivity index (χ1n) is 13.6. The van der Waals surface area contributed by atoms with Gasteiger partial charge in [0.25, 0.3) is 0 Å². The molecule has 1 rings (SSSR count). The number of nitrogens with one attached hydrogen (secondary N) is 4. The Kier molecular flexibility index (Phi) is 19.1. The number of nitrogens with zero attached hydrogens (tertiary/aromatic N) is 2. The van der Waals surface area contributed by atoms with Crippen molar-refractivity contribution in [3.05, 3.63) is 0 Å². The van der Waals surface area contributed by atoms with Gasteiger partial charge in [0.1, 0.15) is 0 Å². The molecule has 0 aromatic heterocycles. The third-order valence-electron chi connectivity index (χ3n) is 7.47. The van der Waals surface area contributed by atoms with E-state index in [4.69, 9.17) is 0 Å². The van der Waals surface area contributed by atoms with Crippen LogP contribution in [0.3, 0.4) is 0 Å². The minimum atomic E-state index is -0.868. The summed E-state index contributed by atoms with van der Waals surface area (Å²) in [6.45, 7) is 7.09. The molecule has 0 unspecified atom stereocenters. The highest BCUT2D eigenvalue weighted by Gasteiger charge is 2.55. The van der Waals surface area contributed by atoms with Crippen molar-refractivity contribution < 1.29 is 30.6 Å². The molecule has 10 N–H and O–H groups in total. The Morgan fingerprint density at radius 1 is 0.417 bits per heavy atom. The van der Waals surface area contributed by atoms with Crippen LogP contribution in [0.4, 0.5) is 0 Å². The van der Waals surface area contributed by atoms with Gasteiger partial charge in [-0.3, -0.25) is 9.80 Å². The second-order valence-corrected chi connectivity index (χ2v) is 9.38. The van der Waals surface area contributed by atoms with E-state index in [1.54, 1.807) is 0 Å². The molecule has 0 aromatic carbocycles. The van der Waals surface area contributed by atoms with Crippen LogP contribution in [0.15, 0.2) is 0 Å². The number of β-amino-alcohol motifs (C(OH)–C–C–N with tert-alkyl or cyclic N) is 2. The Balaban J connectivity index is 3.55. The summed E-state index contributed by atoms with van der Waals surface area (Å²) in [5, 5.41) is 74.8. The summed E-state index contributed by atoms with van der Waals surface area (Å²) in [7, 11) is 0. The summed E-state index contributed by atoms with van der Waals surface area (Å²) in [4.78, 5) is 4.21. The number of hydrogen-bond donors (Lipinski definition) is 10. The average Bonchev–Trinajstić information content (AvgIpc) is 2.86. The lowest BCUT2D eigenvalue weighted by Gasteiger charge is -2.61. The van der Waals surface area contributed by atoms with Gasteiger partial charge in [0.05, 0.1) is 13.2 Å². The van der Waals surface area contributed by atoms with Crippen LogP contribution in [0.2, 0.25) is 0 Å². The largest absolute Gasteiger partial charge is 0.396 e. The lowest BCUT2D eigenvalue weighted by molar-refractivity contribution is -0.121. The van der Waals surface area contributed by atoms with Gasteiger partial charge < -0.3 is 51.9 Å². The van der Waals surface area contributed by atoms with Crippen molar-refractivity contribution in [3.63, 3.8) is 0 Å². The molecule has 0 radical (unpaired) electrons. The molecular weight excluding hydrogens is 468 g/mol. The van der Waals surface area contributed by atoms with Crippen LogP contribution in [-0.4, -0.2) is 170 Å². The topological polar surface area (TPSA) is 176 Å². The van der Waals surface area contributed by atoms with E-state index in [1.165, 1.54) is 0 Å². The summed E-state index contributed by atoms with van der Waals surface area (Å²) >= 11 is 0. The van der Waals surface area contributed by atoms with Crippen molar-refractivity contribution in [3.8, 4) is 0 Å². The van der Waals surface area contributed by atoms with Crippen molar-refractivity contribution in [1.82, 2.24) is 31.1 Å². The van der Waals surface area contributed by atoms with Crippen molar-refractivity contribution in [2.45, 2.75) is 36.8 Å². The summed E-state index contributed by atoms with van der Waals surface area (Å²) in [6.07, 6.45) is 1.14. The quantitative estimate of drug-likeness (QED) is 0.120. The van der Waals surface area contributed by atoms with E-state index in [0.717, 1.165) is 39.3 Å². The molecule has 216 valence electrons. The van der Waals surface area contributed by atoms with E-state index >= 15 is 0 Å². The average molecular weight is 523 g/mol. The second kappa shape index (κ2) is 20.5. The second-order valence-electron chi connectivity index (χ2n) is 9.38. The van der Waals surface area contributed by atoms with Crippen LogP contribution in [0, 0.1) is 0 Å². The Bertz CT molecular complexity index is 465. The van der Waals surface area contributed by atoms with Gasteiger partial charge in [-0.15, -0.1) is 0 Å². The molecule has 0 aliphatic carbocycles. The van der Waals surface area contributed by atoms with Gasteiger partial charge in [0.15, 0.2) is 0 Å². The monoisotopic (exact) mass is 522 g/mol. The maximum atomic E-state index is 10.3. The fourth-order valence-electron chi connectivity index (χ4n) is 5.92. The van der Waals surface area contributed by atoms with E-state index in [0.29, 0.717) is 39.3 Å². The van der Waals surface area contributed by atoms with Crippen LogP contribution < -0.4 is 21.3 Å². The molecule has 0 spiro atoms. The normalized spacial score (nSPS) is 22.2. The van der Waals surface area contributed by atoms with Crippen LogP contribution in [-0.2, 0) is 0 Å². The van der Waals surface area contributed by atoms with Crippen molar-refractivity contribution >= 4 is 0 Å². The molecule has 1 fully saturated rings.